The molecular weight excluding hydrogens is 314 g/mol. The first-order chi connectivity index (χ1) is 8.59. The predicted molar refractivity (Wildman–Crippen MR) is 79.2 cm³/mol. The molecule has 0 saturated heterocycles. The molecule has 1 aliphatic rings. The van der Waals surface area contributed by atoms with Crippen LogP contribution in [0.4, 0.5) is 5.82 Å². The van der Waals surface area contributed by atoms with Crippen molar-refractivity contribution in [2.24, 2.45) is 5.92 Å². The molecule has 0 bridgehead atoms. The van der Waals surface area contributed by atoms with Crippen LogP contribution in [0.1, 0.15) is 39.5 Å². The smallest absolute Gasteiger partial charge is 0.148 e. The van der Waals surface area contributed by atoms with Gasteiger partial charge in [0.2, 0.25) is 0 Å². The molecule has 18 heavy (non-hydrogen) atoms. The molecule has 1 aromatic rings. The summed E-state index contributed by atoms with van der Waals surface area (Å²) in [5.74, 6) is 1.54. The highest BCUT2D eigenvalue weighted by Gasteiger charge is 2.26. The van der Waals surface area contributed by atoms with E-state index in [1.54, 1.807) is 6.33 Å². The SMILES string of the molecule is CC(C)CN(c1ncnc(Cl)c1Br)C1CCCC1. The molecule has 5 heteroatoms. The minimum Gasteiger partial charge on any atom is -0.352 e. The van der Waals surface area contributed by atoms with Crippen molar-refractivity contribution in [2.45, 2.75) is 45.6 Å². The van der Waals surface area contributed by atoms with Crippen LogP contribution >= 0.6 is 27.5 Å². The monoisotopic (exact) mass is 331 g/mol. The Morgan fingerprint density at radius 1 is 1.39 bits per heavy atom. The van der Waals surface area contributed by atoms with Crippen molar-refractivity contribution < 1.29 is 0 Å². The predicted octanol–water partition coefficient (Wildman–Crippen LogP) is 4.30. The van der Waals surface area contributed by atoms with Crippen molar-refractivity contribution in [1.29, 1.82) is 0 Å². The summed E-state index contributed by atoms with van der Waals surface area (Å²) in [6.45, 7) is 5.48. The van der Waals surface area contributed by atoms with E-state index in [4.69, 9.17) is 11.6 Å². The lowest BCUT2D eigenvalue weighted by atomic mass is 10.1. The molecule has 0 unspecified atom stereocenters. The van der Waals surface area contributed by atoms with Gasteiger partial charge in [-0.15, -0.1) is 0 Å². The standard InChI is InChI=1S/C13H19BrClN3/c1-9(2)7-18(10-5-3-4-6-10)13-11(14)12(15)16-8-17-13/h8-10H,3-7H2,1-2H3. The van der Waals surface area contributed by atoms with Crippen LogP contribution in [0, 0.1) is 5.92 Å². The zero-order valence-electron chi connectivity index (χ0n) is 10.9. The van der Waals surface area contributed by atoms with E-state index < -0.39 is 0 Å². The highest BCUT2D eigenvalue weighted by Crippen LogP contribution is 2.34. The van der Waals surface area contributed by atoms with Gasteiger partial charge in [0.1, 0.15) is 17.3 Å². The molecule has 0 atom stereocenters. The van der Waals surface area contributed by atoms with Crippen LogP contribution in [-0.4, -0.2) is 22.6 Å². The van der Waals surface area contributed by atoms with Gasteiger partial charge >= 0.3 is 0 Å². The Morgan fingerprint density at radius 2 is 2.06 bits per heavy atom. The second kappa shape index (κ2) is 6.20. The lowest BCUT2D eigenvalue weighted by Crippen LogP contribution is -2.37. The summed E-state index contributed by atoms with van der Waals surface area (Å²) in [5.41, 5.74) is 0. The first-order valence-electron chi connectivity index (χ1n) is 6.52. The summed E-state index contributed by atoms with van der Waals surface area (Å²) in [4.78, 5) is 10.8. The molecule has 0 amide bonds. The average molecular weight is 333 g/mol. The largest absolute Gasteiger partial charge is 0.352 e. The van der Waals surface area contributed by atoms with Crippen molar-refractivity contribution in [2.75, 3.05) is 11.4 Å². The fourth-order valence-corrected chi connectivity index (χ4v) is 3.12. The normalized spacial score (nSPS) is 16.5. The Kier molecular flexibility index (Phi) is 4.84. The molecule has 100 valence electrons. The van der Waals surface area contributed by atoms with Gasteiger partial charge in [-0.2, -0.15) is 0 Å². The van der Waals surface area contributed by atoms with Crippen molar-refractivity contribution in [3.63, 3.8) is 0 Å². The third-order valence-electron chi connectivity index (χ3n) is 3.33. The van der Waals surface area contributed by atoms with Gasteiger partial charge in [0.15, 0.2) is 0 Å². The maximum absolute atomic E-state index is 6.08. The molecule has 1 aromatic heterocycles. The minimum absolute atomic E-state index is 0.492. The summed E-state index contributed by atoms with van der Waals surface area (Å²) < 4.78 is 0.819. The lowest BCUT2D eigenvalue weighted by molar-refractivity contribution is 0.530. The number of rotatable bonds is 4. The minimum atomic E-state index is 0.492. The number of nitrogens with zero attached hydrogens (tertiary/aromatic N) is 3. The molecule has 1 fully saturated rings. The average Bonchev–Trinajstić information content (AvgIpc) is 2.83. The molecule has 1 saturated carbocycles. The topological polar surface area (TPSA) is 29.0 Å². The molecule has 0 radical (unpaired) electrons. The number of hydrogen-bond donors (Lipinski definition) is 0. The van der Waals surface area contributed by atoms with Gasteiger partial charge in [-0.1, -0.05) is 38.3 Å². The highest BCUT2D eigenvalue weighted by molar-refractivity contribution is 9.10. The van der Waals surface area contributed by atoms with Crippen LogP contribution in [0.3, 0.4) is 0 Å². The maximum Gasteiger partial charge on any atom is 0.148 e. The zero-order chi connectivity index (χ0) is 13.1. The van der Waals surface area contributed by atoms with Crippen molar-refractivity contribution in [3.05, 3.63) is 16.0 Å². The number of anilines is 1. The molecule has 0 N–H and O–H groups in total. The van der Waals surface area contributed by atoms with Crippen LogP contribution in [0.5, 0.6) is 0 Å². The van der Waals surface area contributed by atoms with E-state index in [0.717, 1.165) is 16.8 Å². The molecular formula is C13H19BrClN3. The second-order valence-corrected chi connectivity index (χ2v) is 6.44. The van der Waals surface area contributed by atoms with Crippen LogP contribution in [-0.2, 0) is 0 Å². The zero-order valence-corrected chi connectivity index (χ0v) is 13.2. The third kappa shape index (κ3) is 3.15. The summed E-state index contributed by atoms with van der Waals surface area (Å²) in [6.07, 6.45) is 6.68. The summed E-state index contributed by atoms with van der Waals surface area (Å²) in [6, 6.07) is 0.592. The quantitative estimate of drug-likeness (QED) is 0.770. The Morgan fingerprint density at radius 3 is 2.67 bits per heavy atom. The van der Waals surface area contributed by atoms with Gasteiger partial charge in [0.05, 0.1) is 4.47 Å². The number of aromatic nitrogens is 2. The van der Waals surface area contributed by atoms with Gasteiger partial charge in [-0.05, 0) is 34.7 Å². The first kappa shape index (κ1) is 14.1. The molecule has 2 rings (SSSR count). The summed E-state index contributed by atoms with van der Waals surface area (Å²) in [7, 11) is 0. The van der Waals surface area contributed by atoms with E-state index in [9.17, 15) is 0 Å². The second-order valence-electron chi connectivity index (χ2n) is 5.29. The molecule has 3 nitrogen and oxygen atoms in total. The summed E-state index contributed by atoms with van der Waals surface area (Å²) in [5, 5.41) is 0.492. The molecule has 0 spiro atoms. The summed E-state index contributed by atoms with van der Waals surface area (Å²) >= 11 is 9.60. The molecule has 0 aromatic carbocycles. The highest BCUT2D eigenvalue weighted by atomic mass is 79.9. The van der Waals surface area contributed by atoms with Crippen LogP contribution in [0.25, 0.3) is 0 Å². The van der Waals surface area contributed by atoms with E-state index in [-0.39, 0.29) is 0 Å². The van der Waals surface area contributed by atoms with E-state index in [1.165, 1.54) is 25.7 Å². The Hall–Kier alpha value is -0.350. The van der Waals surface area contributed by atoms with Gasteiger partial charge < -0.3 is 4.90 Å². The Balaban J connectivity index is 2.29. The van der Waals surface area contributed by atoms with Crippen molar-refractivity contribution >= 4 is 33.3 Å². The van der Waals surface area contributed by atoms with Crippen LogP contribution in [0.2, 0.25) is 5.15 Å². The third-order valence-corrected chi connectivity index (χ3v) is 4.57. The van der Waals surface area contributed by atoms with E-state index in [0.29, 0.717) is 17.1 Å². The Labute approximate surface area is 122 Å². The molecule has 1 aliphatic carbocycles. The molecule has 1 heterocycles. The number of halogens is 2. The van der Waals surface area contributed by atoms with Crippen LogP contribution in [0.15, 0.2) is 10.8 Å². The van der Waals surface area contributed by atoms with Crippen LogP contribution < -0.4 is 4.90 Å². The van der Waals surface area contributed by atoms with E-state index in [1.807, 2.05) is 0 Å². The lowest BCUT2D eigenvalue weighted by Gasteiger charge is -2.32. The van der Waals surface area contributed by atoms with E-state index in [2.05, 4.69) is 44.6 Å². The Bertz CT molecular complexity index is 405. The fourth-order valence-electron chi connectivity index (χ4n) is 2.56. The maximum atomic E-state index is 6.08. The van der Waals surface area contributed by atoms with E-state index >= 15 is 0 Å². The number of hydrogen-bond acceptors (Lipinski definition) is 3. The molecule has 0 aliphatic heterocycles. The van der Waals surface area contributed by atoms with Gasteiger partial charge in [0.25, 0.3) is 0 Å². The van der Waals surface area contributed by atoms with Crippen molar-refractivity contribution in [1.82, 2.24) is 9.97 Å². The van der Waals surface area contributed by atoms with Crippen molar-refractivity contribution in [3.8, 4) is 0 Å². The van der Waals surface area contributed by atoms with Gasteiger partial charge in [0, 0.05) is 12.6 Å². The fraction of sp³-hybridized carbons (Fsp3) is 0.692. The van der Waals surface area contributed by atoms with Gasteiger partial charge in [-0.25, -0.2) is 9.97 Å². The first-order valence-corrected chi connectivity index (χ1v) is 7.69. The van der Waals surface area contributed by atoms with Gasteiger partial charge in [-0.3, -0.25) is 0 Å².